The van der Waals surface area contributed by atoms with Gasteiger partial charge >= 0.3 is 0 Å². The van der Waals surface area contributed by atoms with Crippen LogP contribution < -0.4 is 4.90 Å². The van der Waals surface area contributed by atoms with Crippen molar-refractivity contribution < 1.29 is 4.79 Å². The van der Waals surface area contributed by atoms with Crippen molar-refractivity contribution in [2.45, 2.75) is 13.3 Å². The summed E-state index contributed by atoms with van der Waals surface area (Å²) >= 11 is 0. The number of rotatable bonds is 2. The van der Waals surface area contributed by atoms with Crippen molar-refractivity contribution in [2.24, 2.45) is 0 Å². The highest BCUT2D eigenvalue weighted by molar-refractivity contribution is 5.97. The van der Waals surface area contributed by atoms with Gasteiger partial charge in [-0.2, -0.15) is 0 Å². The van der Waals surface area contributed by atoms with Crippen LogP contribution in [0.2, 0.25) is 0 Å². The van der Waals surface area contributed by atoms with Crippen molar-refractivity contribution in [3.8, 4) is 0 Å². The molecule has 1 heterocycles. The summed E-state index contributed by atoms with van der Waals surface area (Å²) in [5.41, 5.74) is 4.61. The molecule has 1 amide bonds. The third-order valence-corrected chi connectivity index (χ3v) is 3.66. The van der Waals surface area contributed by atoms with Gasteiger partial charge in [-0.25, -0.2) is 0 Å². The van der Waals surface area contributed by atoms with Gasteiger partial charge in [0.2, 0.25) is 5.91 Å². The molecule has 0 fully saturated rings. The van der Waals surface area contributed by atoms with Crippen molar-refractivity contribution >= 4 is 23.7 Å². The Morgan fingerprint density at radius 1 is 1.05 bits per heavy atom. The molecule has 20 heavy (non-hydrogen) atoms. The normalized spacial score (nSPS) is 13.8. The van der Waals surface area contributed by atoms with E-state index in [1.54, 1.807) is 6.92 Å². The fraction of sp³-hybridized carbons (Fsp3) is 0.167. The van der Waals surface area contributed by atoms with Crippen LogP contribution in [0.15, 0.2) is 48.5 Å². The summed E-state index contributed by atoms with van der Waals surface area (Å²) in [6.45, 7) is 2.42. The van der Waals surface area contributed by atoms with Gasteiger partial charge in [0, 0.05) is 13.5 Å². The number of carbonyl (C=O) groups is 1. The van der Waals surface area contributed by atoms with E-state index in [1.807, 2.05) is 23.1 Å². The van der Waals surface area contributed by atoms with Crippen LogP contribution in [0.5, 0.6) is 0 Å². The minimum atomic E-state index is 0.115. The molecule has 2 aromatic carbocycles. The number of fused-ring (bicyclic) bond motifs is 1. The predicted octanol–water partition coefficient (Wildman–Crippen LogP) is 3.77. The van der Waals surface area contributed by atoms with E-state index >= 15 is 0 Å². The lowest BCUT2D eigenvalue weighted by molar-refractivity contribution is -0.116. The summed E-state index contributed by atoms with van der Waals surface area (Å²) in [5.74, 6) is 0.115. The van der Waals surface area contributed by atoms with E-state index in [0.29, 0.717) is 0 Å². The first kappa shape index (κ1) is 12.7. The molecule has 0 saturated carbocycles. The van der Waals surface area contributed by atoms with Crippen molar-refractivity contribution in [1.29, 1.82) is 0 Å². The molecule has 0 N–H and O–H groups in total. The van der Waals surface area contributed by atoms with Crippen LogP contribution in [0.25, 0.3) is 12.2 Å². The molecule has 2 aromatic rings. The fourth-order valence-electron chi connectivity index (χ4n) is 2.69. The first-order valence-corrected chi connectivity index (χ1v) is 6.89. The van der Waals surface area contributed by atoms with E-state index in [4.69, 9.17) is 0 Å². The minimum absolute atomic E-state index is 0.115. The Balaban J connectivity index is 1.98. The van der Waals surface area contributed by atoms with Crippen LogP contribution in [0.1, 0.15) is 23.6 Å². The Morgan fingerprint density at radius 2 is 1.85 bits per heavy atom. The molecule has 0 atom stereocenters. The summed E-state index contributed by atoms with van der Waals surface area (Å²) in [4.78, 5) is 13.6. The van der Waals surface area contributed by atoms with E-state index in [9.17, 15) is 4.79 Å². The van der Waals surface area contributed by atoms with Gasteiger partial charge in [-0.05, 0) is 23.1 Å². The maximum Gasteiger partial charge on any atom is 0.223 e. The lowest BCUT2D eigenvalue weighted by Crippen LogP contribution is -2.26. The fourth-order valence-corrected chi connectivity index (χ4v) is 2.69. The number of anilines is 1. The standard InChI is InChI=1S/C18H17NO/c1-14(20)19-13-12-17-9-5-8-16(18(17)19)11-10-15-6-3-2-4-7-15/h2-11H,12-13H2,1H3/b11-10+. The summed E-state index contributed by atoms with van der Waals surface area (Å²) < 4.78 is 0. The molecule has 100 valence electrons. The van der Waals surface area contributed by atoms with Crippen molar-refractivity contribution in [2.75, 3.05) is 11.4 Å². The number of hydrogen-bond donors (Lipinski definition) is 0. The zero-order valence-corrected chi connectivity index (χ0v) is 11.5. The highest BCUT2D eigenvalue weighted by atomic mass is 16.2. The van der Waals surface area contributed by atoms with Gasteiger partial charge in [0.15, 0.2) is 0 Å². The first-order valence-electron chi connectivity index (χ1n) is 6.89. The second kappa shape index (κ2) is 5.33. The van der Waals surface area contributed by atoms with E-state index in [2.05, 4.69) is 42.5 Å². The Labute approximate surface area is 119 Å². The van der Waals surface area contributed by atoms with Gasteiger partial charge < -0.3 is 4.90 Å². The van der Waals surface area contributed by atoms with Gasteiger partial charge in [0.25, 0.3) is 0 Å². The molecule has 2 nitrogen and oxygen atoms in total. The Kier molecular flexibility index (Phi) is 3.38. The molecule has 0 bridgehead atoms. The molecule has 0 unspecified atom stereocenters. The molecule has 1 aliphatic rings. The number of nitrogens with zero attached hydrogens (tertiary/aromatic N) is 1. The molecule has 0 aromatic heterocycles. The second-order valence-electron chi connectivity index (χ2n) is 5.02. The summed E-state index contributed by atoms with van der Waals surface area (Å²) in [6, 6.07) is 16.4. The zero-order valence-electron chi connectivity index (χ0n) is 11.5. The highest BCUT2D eigenvalue weighted by Crippen LogP contribution is 2.33. The molecular formula is C18H17NO. The van der Waals surface area contributed by atoms with Crippen LogP contribution in [0.4, 0.5) is 5.69 Å². The van der Waals surface area contributed by atoms with E-state index in [0.717, 1.165) is 29.8 Å². The molecule has 2 heteroatoms. The number of hydrogen-bond acceptors (Lipinski definition) is 1. The van der Waals surface area contributed by atoms with Crippen molar-refractivity contribution in [3.63, 3.8) is 0 Å². The summed E-state index contributed by atoms with van der Waals surface area (Å²) in [5, 5.41) is 0. The summed E-state index contributed by atoms with van der Waals surface area (Å²) in [7, 11) is 0. The average Bonchev–Trinajstić information content (AvgIpc) is 2.91. The van der Waals surface area contributed by atoms with Gasteiger partial charge in [-0.1, -0.05) is 60.7 Å². The molecule has 0 radical (unpaired) electrons. The Bertz CT molecular complexity index is 658. The molecule has 0 spiro atoms. The van der Waals surface area contributed by atoms with Crippen molar-refractivity contribution in [3.05, 3.63) is 65.2 Å². The van der Waals surface area contributed by atoms with Crippen LogP contribution >= 0.6 is 0 Å². The molecular weight excluding hydrogens is 246 g/mol. The predicted molar refractivity (Wildman–Crippen MR) is 83.5 cm³/mol. The molecule has 0 aliphatic carbocycles. The maximum absolute atomic E-state index is 11.7. The highest BCUT2D eigenvalue weighted by Gasteiger charge is 2.23. The Hall–Kier alpha value is -2.35. The summed E-state index contributed by atoms with van der Waals surface area (Å²) in [6.07, 6.45) is 5.13. The smallest absolute Gasteiger partial charge is 0.223 e. The van der Waals surface area contributed by atoms with Gasteiger partial charge in [0.05, 0.1) is 5.69 Å². The second-order valence-corrected chi connectivity index (χ2v) is 5.02. The first-order chi connectivity index (χ1) is 9.75. The zero-order chi connectivity index (χ0) is 13.9. The van der Waals surface area contributed by atoms with E-state index in [1.165, 1.54) is 5.56 Å². The number of benzene rings is 2. The monoisotopic (exact) mass is 263 g/mol. The number of carbonyl (C=O) groups excluding carboxylic acids is 1. The average molecular weight is 263 g/mol. The van der Waals surface area contributed by atoms with Crippen LogP contribution in [0, 0.1) is 0 Å². The number of para-hydroxylation sites is 1. The molecule has 0 saturated heterocycles. The quantitative estimate of drug-likeness (QED) is 0.755. The lowest BCUT2D eigenvalue weighted by Gasteiger charge is -2.17. The van der Waals surface area contributed by atoms with Crippen LogP contribution in [0.3, 0.4) is 0 Å². The number of amides is 1. The van der Waals surface area contributed by atoms with Gasteiger partial charge in [-0.3, -0.25) is 4.79 Å². The molecule has 1 aliphatic heterocycles. The minimum Gasteiger partial charge on any atom is -0.311 e. The van der Waals surface area contributed by atoms with Crippen LogP contribution in [-0.4, -0.2) is 12.5 Å². The van der Waals surface area contributed by atoms with Crippen LogP contribution in [-0.2, 0) is 11.2 Å². The SMILES string of the molecule is CC(=O)N1CCc2cccc(/C=C/c3ccccc3)c21. The lowest BCUT2D eigenvalue weighted by atomic mass is 10.1. The van der Waals surface area contributed by atoms with Gasteiger partial charge in [-0.15, -0.1) is 0 Å². The third-order valence-electron chi connectivity index (χ3n) is 3.66. The third kappa shape index (κ3) is 2.37. The maximum atomic E-state index is 11.7. The largest absolute Gasteiger partial charge is 0.311 e. The van der Waals surface area contributed by atoms with E-state index in [-0.39, 0.29) is 5.91 Å². The Morgan fingerprint density at radius 3 is 2.60 bits per heavy atom. The molecule has 3 rings (SSSR count). The topological polar surface area (TPSA) is 20.3 Å². The van der Waals surface area contributed by atoms with Gasteiger partial charge in [0.1, 0.15) is 0 Å². The van der Waals surface area contributed by atoms with Crippen molar-refractivity contribution in [1.82, 2.24) is 0 Å². The van der Waals surface area contributed by atoms with E-state index < -0.39 is 0 Å².